The molecule has 1 N–H and O–H groups in total. The minimum atomic E-state index is -0.414. The summed E-state index contributed by atoms with van der Waals surface area (Å²) in [6.07, 6.45) is 1.97. The van der Waals surface area contributed by atoms with Gasteiger partial charge >= 0.3 is 0 Å². The molecule has 2 rings (SSSR count). The maximum atomic E-state index is 11.7. The van der Waals surface area contributed by atoms with Crippen LogP contribution >= 0.6 is 11.3 Å². The van der Waals surface area contributed by atoms with Crippen molar-refractivity contribution in [3.63, 3.8) is 0 Å². The van der Waals surface area contributed by atoms with E-state index in [4.69, 9.17) is 4.74 Å². The number of ether oxygens (including phenoxy) is 1. The lowest BCUT2D eigenvalue weighted by Gasteiger charge is -2.07. The van der Waals surface area contributed by atoms with E-state index in [1.165, 1.54) is 23.6 Å². The van der Waals surface area contributed by atoms with Crippen LogP contribution in [0.2, 0.25) is 0 Å². The van der Waals surface area contributed by atoms with Crippen molar-refractivity contribution in [1.82, 2.24) is 5.43 Å². The van der Waals surface area contributed by atoms with Gasteiger partial charge in [-0.2, -0.15) is 5.10 Å². The van der Waals surface area contributed by atoms with Crippen LogP contribution in [0.15, 0.2) is 29.4 Å². The van der Waals surface area contributed by atoms with Crippen molar-refractivity contribution < 1.29 is 14.5 Å². The molecule has 7 nitrogen and oxygen atoms in total. The van der Waals surface area contributed by atoms with Crippen LogP contribution in [0, 0.1) is 24.0 Å². The van der Waals surface area contributed by atoms with Crippen LogP contribution in [0.3, 0.4) is 0 Å². The quantitative estimate of drug-likeness (QED) is 0.465. The summed E-state index contributed by atoms with van der Waals surface area (Å²) >= 11 is 1.28. The minimum absolute atomic E-state index is 0.0818. The molecule has 0 aliphatic rings. The molecule has 0 atom stereocenters. The number of hydrogen-bond donors (Lipinski definition) is 1. The molecule has 0 spiro atoms. The number of nitro groups is 1. The molecule has 25 heavy (non-hydrogen) atoms. The predicted octanol–water partition coefficient (Wildman–Crippen LogP) is 3.36. The molecule has 1 heterocycles. The Hall–Kier alpha value is -2.74. The highest BCUT2D eigenvalue weighted by Crippen LogP contribution is 2.28. The van der Waals surface area contributed by atoms with Crippen molar-refractivity contribution in [2.24, 2.45) is 5.10 Å². The van der Waals surface area contributed by atoms with E-state index in [9.17, 15) is 14.9 Å². The van der Waals surface area contributed by atoms with E-state index in [1.807, 2.05) is 32.9 Å². The van der Waals surface area contributed by atoms with Gasteiger partial charge in [-0.3, -0.25) is 14.9 Å². The summed E-state index contributed by atoms with van der Waals surface area (Å²) in [7, 11) is 0. The molecule has 0 saturated carbocycles. The van der Waals surface area contributed by atoms with E-state index >= 15 is 0 Å². The number of carbonyl (C=O) groups excluding carboxylic acids is 1. The summed E-state index contributed by atoms with van der Waals surface area (Å²) in [6.45, 7) is 5.66. The van der Waals surface area contributed by atoms with Crippen LogP contribution in [-0.2, 0) is 11.2 Å². The van der Waals surface area contributed by atoms with Crippen molar-refractivity contribution in [3.8, 4) is 5.75 Å². The molecule has 2 aromatic rings. The van der Waals surface area contributed by atoms with E-state index in [-0.39, 0.29) is 12.3 Å². The number of carbonyl (C=O) groups is 1. The average molecular weight is 361 g/mol. The van der Waals surface area contributed by atoms with Gasteiger partial charge in [0.15, 0.2) is 6.61 Å². The van der Waals surface area contributed by atoms with Crippen molar-refractivity contribution in [2.45, 2.75) is 27.2 Å². The fourth-order valence-electron chi connectivity index (χ4n) is 2.06. The molecule has 0 bridgehead atoms. The minimum Gasteiger partial charge on any atom is -0.484 e. The Balaban J connectivity index is 1.88. The first-order valence-corrected chi connectivity index (χ1v) is 8.51. The third-order valence-electron chi connectivity index (χ3n) is 3.55. The third-order valence-corrected chi connectivity index (χ3v) is 4.76. The Morgan fingerprint density at radius 3 is 2.72 bits per heavy atom. The average Bonchev–Trinajstić information content (AvgIpc) is 2.99. The van der Waals surface area contributed by atoms with Gasteiger partial charge in [-0.05, 0) is 43.5 Å². The van der Waals surface area contributed by atoms with Gasteiger partial charge in [-0.15, -0.1) is 11.3 Å². The molecule has 132 valence electrons. The largest absolute Gasteiger partial charge is 0.484 e. The van der Waals surface area contributed by atoms with Crippen molar-refractivity contribution in [2.75, 3.05) is 6.61 Å². The SMILES string of the molecule is CCc1sc(C=NNC(=O)COc2ccc(C)c(C)c2)cc1[N+](=O)[O-]. The molecule has 0 radical (unpaired) electrons. The molecule has 1 amide bonds. The fourth-order valence-corrected chi connectivity index (χ4v) is 3.01. The van der Waals surface area contributed by atoms with Gasteiger partial charge in [0.1, 0.15) is 5.75 Å². The summed E-state index contributed by atoms with van der Waals surface area (Å²) in [4.78, 5) is 23.5. The standard InChI is InChI=1S/C17H19N3O4S/c1-4-16-15(20(22)23)8-14(25-16)9-18-19-17(21)10-24-13-6-5-11(2)12(3)7-13/h5-9H,4,10H2,1-3H3,(H,19,21). The highest BCUT2D eigenvalue weighted by molar-refractivity contribution is 7.14. The normalized spacial score (nSPS) is 10.8. The molecule has 0 aliphatic carbocycles. The summed E-state index contributed by atoms with van der Waals surface area (Å²) in [5.41, 5.74) is 4.66. The molecule has 8 heteroatoms. The Bertz CT molecular complexity index is 814. The second kappa shape index (κ2) is 8.39. The molecule has 0 aliphatic heterocycles. The number of nitrogens with zero attached hydrogens (tertiary/aromatic N) is 2. The van der Waals surface area contributed by atoms with Crippen molar-refractivity contribution in [3.05, 3.63) is 55.3 Å². The van der Waals surface area contributed by atoms with Crippen molar-refractivity contribution in [1.29, 1.82) is 0 Å². The zero-order chi connectivity index (χ0) is 18.4. The third kappa shape index (κ3) is 5.12. The number of hydrogen-bond acceptors (Lipinski definition) is 6. The summed E-state index contributed by atoms with van der Waals surface area (Å²) in [6, 6.07) is 7.04. The molecule has 1 aromatic carbocycles. The Morgan fingerprint density at radius 1 is 1.36 bits per heavy atom. The van der Waals surface area contributed by atoms with E-state index in [0.29, 0.717) is 21.9 Å². The maximum Gasteiger partial charge on any atom is 0.283 e. The molecule has 0 saturated heterocycles. The second-order valence-corrected chi connectivity index (χ2v) is 6.56. The lowest BCUT2D eigenvalue weighted by molar-refractivity contribution is -0.385. The summed E-state index contributed by atoms with van der Waals surface area (Å²) in [5, 5.41) is 14.7. The van der Waals surface area contributed by atoms with Crippen LogP contribution in [0.25, 0.3) is 0 Å². The van der Waals surface area contributed by atoms with Gasteiger partial charge in [-0.25, -0.2) is 5.43 Å². The molecular formula is C17H19N3O4S. The first kappa shape index (κ1) is 18.6. The number of aryl methyl sites for hydroxylation is 3. The molecule has 0 fully saturated rings. The number of rotatable bonds is 7. The highest BCUT2D eigenvalue weighted by Gasteiger charge is 2.16. The smallest absolute Gasteiger partial charge is 0.283 e. The van der Waals surface area contributed by atoms with Gasteiger partial charge in [0.2, 0.25) is 0 Å². The monoisotopic (exact) mass is 361 g/mol. The summed E-state index contributed by atoms with van der Waals surface area (Å²) < 4.78 is 5.41. The van der Waals surface area contributed by atoms with Crippen LogP contribution in [0.4, 0.5) is 5.69 Å². The Morgan fingerprint density at radius 2 is 2.12 bits per heavy atom. The van der Waals surface area contributed by atoms with Gasteiger partial charge < -0.3 is 4.74 Å². The number of thiophene rings is 1. The van der Waals surface area contributed by atoms with Crippen LogP contribution < -0.4 is 10.2 Å². The number of hydrazone groups is 1. The van der Waals surface area contributed by atoms with Gasteiger partial charge in [-0.1, -0.05) is 13.0 Å². The van der Waals surface area contributed by atoms with E-state index in [0.717, 1.165) is 11.1 Å². The van der Waals surface area contributed by atoms with Crippen LogP contribution in [0.5, 0.6) is 5.75 Å². The molecular weight excluding hydrogens is 342 g/mol. The molecule has 1 aromatic heterocycles. The maximum absolute atomic E-state index is 11.7. The zero-order valence-electron chi connectivity index (χ0n) is 14.2. The second-order valence-electron chi connectivity index (χ2n) is 5.40. The van der Waals surface area contributed by atoms with E-state index in [2.05, 4.69) is 10.5 Å². The highest BCUT2D eigenvalue weighted by atomic mass is 32.1. The summed E-state index contributed by atoms with van der Waals surface area (Å²) in [5.74, 6) is 0.208. The fraction of sp³-hybridized carbons (Fsp3) is 0.294. The topological polar surface area (TPSA) is 93.8 Å². The predicted molar refractivity (Wildman–Crippen MR) is 97.5 cm³/mol. The number of nitrogens with one attached hydrogen (secondary N) is 1. The lowest BCUT2D eigenvalue weighted by Crippen LogP contribution is -2.24. The Kier molecular flexibility index (Phi) is 6.24. The Labute approximate surface area is 149 Å². The van der Waals surface area contributed by atoms with E-state index in [1.54, 1.807) is 6.07 Å². The zero-order valence-corrected chi connectivity index (χ0v) is 15.1. The lowest BCUT2D eigenvalue weighted by atomic mass is 10.1. The number of amides is 1. The van der Waals surface area contributed by atoms with E-state index < -0.39 is 10.8 Å². The van der Waals surface area contributed by atoms with Crippen molar-refractivity contribution >= 4 is 29.1 Å². The first-order valence-electron chi connectivity index (χ1n) is 7.69. The van der Waals surface area contributed by atoms with Gasteiger partial charge in [0.25, 0.3) is 11.6 Å². The molecule has 0 unspecified atom stereocenters. The number of benzene rings is 1. The van der Waals surface area contributed by atoms with Gasteiger partial charge in [0, 0.05) is 6.07 Å². The van der Waals surface area contributed by atoms with Gasteiger partial charge in [0.05, 0.1) is 20.9 Å². The first-order chi connectivity index (χ1) is 11.9. The van der Waals surface area contributed by atoms with Crippen LogP contribution in [-0.4, -0.2) is 23.7 Å². The van der Waals surface area contributed by atoms with Crippen LogP contribution in [0.1, 0.15) is 27.8 Å².